The molecular formula is C45H48N4O6. The van der Waals surface area contributed by atoms with Crippen molar-refractivity contribution in [2.75, 3.05) is 54.6 Å². The van der Waals surface area contributed by atoms with Crippen molar-refractivity contribution in [3.8, 4) is 40.2 Å². The lowest BCUT2D eigenvalue weighted by molar-refractivity contribution is 0.0946. The first-order chi connectivity index (χ1) is 26.9. The van der Waals surface area contributed by atoms with E-state index >= 15 is 0 Å². The monoisotopic (exact) mass is 740 g/mol. The van der Waals surface area contributed by atoms with Gasteiger partial charge >= 0.3 is 0 Å². The summed E-state index contributed by atoms with van der Waals surface area (Å²) in [5, 5.41) is 2.93. The summed E-state index contributed by atoms with van der Waals surface area (Å²) in [6.07, 6.45) is 5.62. The second kappa shape index (κ2) is 16.0. The smallest absolute Gasteiger partial charge is 0.269 e. The number of carbonyl (C=O) groups excluding carboxylic acids is 1. The Morgan fingerprint density at radius 2 is 1.56 bits per heavy atom. The number of carbonyl (C=O) groups is 1. The van der Waals surface area contributed by atoms with Crippen molar-refractivity contribution in [1.29, 1.82) is 0 Å². The number of hydrogen-bond acceptors (Lipinski definition) is 9. The van der Waals surface area contributed by atoms with Crippen molar-refractivity contribution in [2.24, 2.45) is 0 Å². The van der Waals surface area contributed by atoms with Gasteiger partial charge in [-0.3, -0.25) is 19.6 Å². The van der Waals surface area contributed by atoms with E-state index in [1.54, 1.807) is 38.6 Å². The van der Waals surface area contributed by atoms with E-state index in [0.29, 0.717) is 60.4 Å². The average Bonchev–Trinajstić information content (AvgIpc) is 3.21. The molecular weight excluding hydrogens is 693 g/mol. The van der Waals surface area contributed by atoms with Gasteiger partial charge in [0.15, 0.2) is 23.0 Å². The van der Waals surface area contributed by atoms with Gasteiger partial charge in [-0.1, -0.05) is 30.3 Å². The van der Waals surface area contributed by atoms with E-state index in [0.717, 1.165) is 55.0 Å². The number of ether oxygens (including phenoxy) is 5. The van der Waals surface area contributed by atoms with Gasteiger partial charge in [-0.2, -0.15) is 0 Å². The Morgan fingerprint density at radius 3 is 2.35 bits per heavy atom. The molecule has 0 saturated heterocycles. The van der Waals surface area contributed by atoms with Gasteiger partial charge < -0.3 is 29.0 Å². The largest absolute Gasteiger partial charge is 0.493 e. The van der Waals surface area contributed by atoms with E-state index in [-0.39, 0.29) is 18.0 Å². The topological polar surface area (TPSA) is 94.6 Å². The average molecular weight is 741 g/mol. The molecule has 4 aliphatic heterocycles. The van der Waals surface area contributed by atoms with E-state index in [4.69, 9.17) is 23.7 Å². The fraction of sp³-hybridized carbons (Fsp3) is 0.333. The van der Waals surface area contributed by atoms with Gasteiger partial charge in [0.2, 0.25) is 5.75 Å². The molecule has 5 heterocycles. The number of benzene rings is 4. The molecule has 10 nitrogen and oxygen atoms in total. The second-order valence-electron chi connectivity index (χ2n) is 14.6. The summed E-state index contributed by atoms with van der Waals surface area (Å²) in [6.45, 7) is 2.72. The Labute approximate surface area is 322 Å². The molecule has 1 N–H and O–H groups in total. The third-order valence-electron chi connectivity index (χ3n) is 11.1. The number of aromatic nitrogens is 1. The fourth-order valence-corrected chi connectivity index (χ4v) is 8.07. The van der Waals surface area contributed by atoms with Crippen molar-refractivity contribution in [3.05, 3.63) is 130 Å². The molecule has 5 aromatic rings. The lowest BCUT2D eigenvalue weighted by atomic mass is 9.87. The lowest BCUT2D eigenvalue weighted by Gasteiger charge is -2.37. The van der Waals surface area contributed by atoms with Gasteiger partial charge in [0.25, 0.3) is 5.91 Å². The highest BCUT2D eigenvalue weighted by Gasteiger charge is 2.34. The highest BCUT2D eigenvalue weighted by atomic mass is 16.5. The lowest BCUT2D eigenvalue weighted by Crippen LogP contribution is -2.34. The Kier molecular flexibility index (Phi) is 10.6. The first-order valence-electron chi connectivity index (χ1n) is 19.1. The first-order valence-corrected chi connectivity index (χ1v) is 19.1. The van der Waals surface area contributed by atoms with Crippen molar-refractivity contribution in [3.63, 3.8) is 0 Å². The normalized spacial score (nSPS) is 17.8. The molecule has 4 aliphatic rings. The Balaban J connectivity index is 1.16. The third-order valence-corrected chi connectivity index (χ3v) is 11.1. The Bertz CT molecular complexity index is 2160. The molecule has 0 saturated carbocycles. The van der Waals surface area contributed by atoms with Crippen LogP contribution in [0.3, 0.4) is 0 Å². The van der Waals surface area contributed by atoms with Crippen LogP contribution in [0.25, 0.3) is 0 Å². The van der Waals surface area contributed by atoms with Gasteiger partial charge in [-0.15, -0.1) is 0 Å². The SMILES string of the molecule is COc1cc2c3c(c1OC)Oc1ccc4c(c1)[C@H](Cc1ccc(cc1)Oc1cc(ccc1OCCCNC(=O)c1ccccn1)C[C@H]3N(C)CC2)N(C)CC4. The zero-order valence-electron chi connectivity index (χ0n) is 32.0. The summed E-state index contributed by atoms with van der Waals surface area (Å²) < 4.78 is 31.9. The molecule has 284 valence electrons. The zero-order valence-corrected chi connectivity index (χ0v) is 32.0. The second-order valence-corrected chi connectivity index (χ2v) is 14.6. The molecule has 6 bridgehead atoms. The fourth-order valence-electron chi connectivity index (χ4n) is 8.07. The van der Waals surface area contributed by atoms with Crippen LogP contribution in [0.2, 0.25) is 0 Å². The summed E-state index contributed by atoms with van der Waals surface area (Å²) in [5.74, 6) is 4.53. The predicted octanol–water partition coefficient (Wildman–Crippen LogP) is 7.74. The Hall–Kier alpha value is -5.58. The van der Waals surface area contributed by atoms with Crippen LogP contribution in [0.5, 0.6) is 40.2 Å². The van der Waals surface area contributed by atoms with Crippen LogP contribution in [0.4, 0.5) is 0 Å². The van der Waals surface area contributed by atoms with E-state index in [1.807, 2.05) is 18.2 Å². The summed E-state index contributed by atoms with van der Waals surface area (Å²) in [5.41, 5.74) is 7.62. The molecule has 0 aliphatic carbocycles. The zero-order chi connectivity index (χ0) is 37.9. The van der Waals surface area contributed by atoms with Crippen molar-refractivity contribution in [1.82, 2.24) is 20.1 Å². The molecule has 4 aromatic carbocycles. The standard InChI is InChI=1S/C45H48N4O6/c1-48-21-17-31-12-15-34-28-35(31)37(48)24-29-9-13-33(14-10-29)54-40-26-30(11-16-39(40)53-23-7-20-47-45(50)36-8-5-6-19-46-36)25-38-42-32(18-22-49(38)2)27-41(51-3)43(52-4)44(42)55-34/h5-6,8-16,19,26-28,37-38H,7,17-18,20-25H2,1-4H3,(H,47,50)/t37-,38+/m0/s1. The number of methoxy groups -OCH3 is 2. The first kappa shape index (κ1) is 36.4. The van der Waals surface area contributed by atoms with Crippen LogP contribution in [-0.2, 0) is 25.7 Å². The van der Waals surface area contributed by atoms with Crippen LogP contribution in [0.15, 0.2) is 91.1 Å². The molecule has 0 fully saturated rings. The molecule has 2 atom stereocenters. The van der Waals surface area contributed by atoms with Crippen LogP contribution in [-0.4, -0.2) is 75.2 Å². The molecule has 0 radical (unpaired) electrons. The minimum absolute atomic E-state index is 0.0180. The number of hydrogen-bond donors (Lipinski definition) is 1. The third kappa shape index (κ3) is 7.70. The maximum Gasteiger partial charge on any atom is 0.269 e. The van der Waals surface area contributed by atoms with Gasteiger partial charge in [-0.05, 0) is 129 Å². The number of likely N-dealkylation sites (N-methyl/N-ethyl adjacent to an activating group) is 2. The van der Waals surface area contributed by atoms with E-state index in [2.05, 4.69) is 82.7 Å². The van der Waals surface area contributed by atoms with Gasteiger partial charge in [0.1, 0.15) is 17.2 Å². The van der Waals surface area contributed by atoms with Crippen molar-refractivity contribution >= 4 is 5.91 Å². The maximum absolute atomic E-state index is 12.5. The maximum atomic E-state index is 12.5. The quantitative estimate of drug-likeness (QED) is 0.160. The van der Waals surface area contributed by atoms with E-state index < -0.39 is 0 Å². The summed E-state index contributed by atoms with van der Waals surface area (Å²) in [4.78, 5) is 21.4. The summed E-state index contributed by atoms with van der Waals surface area (Å²) in [7, 11) is 7.73. The van der Waals surface area contributed by atoms with Crippen LogP contribution >= 0.6 is 0 Å². The minimum Gasteiger partial charge on any atom is -0.493 e. The Morgan fingerprint density at radius 1 is 0.800 bits per heavy atom. The number of fused-ring (bicyclic) bond motifs is 2. The summed E-state index contributed by atoms with van der Waals surface area (Å²) in [6, 6.07) is 28.7. The number of pyridine rings is 1. The van der Waals surface area contributed by atoms with Crippen LogP contribution < -0.4 is 29.0 Å². The molecule has 55 heavy (non-hydrogen) atoms. The van der Waals surface area contributed by atoms with Crippen LogP contribution in [0, 0.1) is 0 Å². The van der Waals surface area contributed by atoms with Crippen LogP contribution in [0.1, 0.15) is 62.4 Å². The van der Waals surface area contributed by atoms with Crippen molar-refractivity contribution < 1.29 is 28.5 Å². The number of rotatable bonds is 8. The number of amides is 1. The van der Waals surface area contributed by atoms with Gasteiger partial charge in [0.05, 0.1) is 20.8 Å². The summed E-state index contributed by atoms with van der Waals surface area (Å²) >= 11 is 0. The van der Waals surface area contributed by atoms with Gasteiger partial charge in [0, 0.05) is 43.5 Å². The molecule has 9 rings (SSSR count). The molecule has 1 amide bonds. The predicted molar refractivity (Wildman–Crippen MR) is 211 cm³/mol. The van der Waals surface area contributed by atoms with Crippen molar-refractivity contribution in [2.45, 2.75) is 44.2 Å². The minimum atomic E-state index is -0.203. The van der Waals surface area contributed by atoms with E-state index in [9.17, 15) is 4.79 Å². The van der Waals surface area contributed by atoms with Gasteiger partial charge in [-0.25, -0.2) is 0 Å². The molecule has 10 heteroatoms. The van der Waals surface area contributed by atoms with E-state index in [1.165, 1.54) is 22.3 Å². The highest BCUT2D eigenvalue weighted by Crippen LogP contribution is 2.50. The molecule has 1 aromatic heterocycles. The highest BCUT2D eigenvalue weighted by molar-refractivity contribution is 5.92. The number of nitrogens with one attached hydrogen (secondary N) is 1. The number of nitrogens with zero attached hydrogens (tertiary/aromatic N) is 3. The molecule has 0 spiro atoms. The molecule has 0 unspecified atom stereocenters.